The number of aromatic nitrogens is 5. The van der Waals surface area contributed by atoms with Gasteiger partial charge in [-0.05, 0) is 23.1 Å². The summed E-state index contributed by atoms with van der Waals surface area (Å²) in [7, 11) is 0. The van der Waals surface area contributed by atoms with E-state index < -0.39 is 6.85 Å². The van der Waals surface area contributed by atoms with Gasteiger partial charge in [-0.3, -0.25) is 0 Å². The zero-order chi connectivity index (χ0) is 54.3. The molecule has 0 atom stereocenters. The molecule has 7 heteroatoms. The van der Waals surface area contributed by atoms with Crippen molar-refractivity contribution in [3.63, 3.8) is 0 Å². The van der Waals surface area contributed by atoms with Gasteiger partial charge in [0, 0.05) is 27.7 Å². The van der Waals surface area contributed by atoms with Crippen LogP contribution >= 0.6 is 0 Å². The number of pyridine rings is 1. The Hall–Kier alpha value is -8.31. The molecule has 0 unspecified atom stereocenters. The van der Waals surface area contributed by atoms with E-state index >= 15 is 0 Å². The Morgan fingerprint density at radius 2 is 1.05 bits per heavy atom. The molecule has 14 rings (SSSR count). The average molecular weight is 1170 g/mol. The Kier molecular flexibility index (Phi) is 9.68. The van der Waals surface area contributed by atoms with E-state index in [1.54, 1.807) is 6.07 Å². The van der Waals surface area contributed by atoms with E-state index in [4.69, 9.17) is 13.8 Å². The van der Waals surface area contributed by atoms with Crippen LogP contribution < -0.4 is 4.74 Å². The van der Waals surface area contributed by atoms with Gasteiger partial charge in [0.15, 0.2) is 0 Å². The van der Waals surface area contributed by atoms with Gasteiger partial charge in [-0.2, -0.15) is 0 Å². The van der Waals surface area contributed by atoms with E-state index in [1.165, 1.54) is 38.1 Å². The third-order valence-corrected chi connectivity index (χ3v) is 16.5. The summed E-state index contributed by atoms with van der Waals surface area (Å²) in [5.41, 5.74) is 15.9. The van der Waals surface area contributed by atoms with Gasteiger partial charge in [-0.15, -0.1) is 0 Å². The molecule has 0 aliphatic heterocycles. The fourth-order valence-electron chi connectivity index (χ4n) is 11.7. The topological polar surface area (TPSA) is 41.3 Å². The molecule has 0 amide bonds. The van der Waals surface area contributed by atoms with Crippen molar-refractivity contribution in [3.8, 4) is 50.9 Å². The Morgan fingerprint density at radius 1 is 0.461 bits per heavy atom. The zero-order valence-corrected chi connectivity index (χ0v) is 45.4. The number of aryl methyl sites for hydroxylation is 1. The van der Waals surface area contributed by atoms with Crippen LogP contribution in [-0.4, -0.2) is 23.1 Å². The molecular formula is C69H55N5OPt. The Morgan fingerprint density at radius 3 is 1.74 bits per heavy atom. The first-order chi connectivity index (χ1) is 38.0. The summed E-state index contributed by atoms with van der Waals surface area (Å²) in [6.07, 6.45) is 1.90. The zero-order valence-electron chi connectivity index (χ0n) is 46.1. The molecule has 0 saturated heterocycles. The summed E-state index contributed by atoms with van der Waals surface area (Å²) in [5.74, 6) is 1.54. The monoisotopic (exact) mass is 1170 g/mol. The third-order valence-electron chi connectivity index (χ3n) is 15.4. The molecule has 5 heterocycles. The molecule has 0 radical (unpaired) electrons. The molecule has 0 saturated carbocycles. The van der Waals surface area contributed by atoms with E-state index in [0.29, 0.717) is 5.75 Å². The van der Waals surface area contributed by atoms with Crippen LogP contribution in [0.2, 0.25) is 0 Å². The molecule has 372 valence electrons. The van der Waals surface area contributed by atoms with Crippen LogP contribution in [0.1, 0.15) is 62.3 Å². The van der Waals surface area contributed by atoms with Crippen molar-refractivity contribution in [1.82, 2.24) is 23.1 Å². The standard InChI is InChI=1S/C69H55N5O.Pt/c1-43-29-30-48(71-42-72(60-28-17-16-27-59(60)71)66-54(44-19-10-8-11-20-44)35-47(69(5,6)7)36-55(66)45-21-12-9-13-22-45)38-64(43)75-49-31-32-51-56-40-57-53-25-18-24-52-50-23-14-15-26-58(50)74(67(52)53)63(57)41-62(56)73(61(51)39-49)65-37-46(33-34-70-65)68(2,3)4;/h8-41H,1-7H3;/i1D3;. The number of imidazole rings is 1. The second-order valence-electron chi connectivity index (χ2n) is 22.2. The first kappa shape index (κ1) is 43.0. The molecule has 0 fully saturated rings. The van der Waals surface area contributed by atoms with Crippen LogP contribution in [0.25, 0.3) is 110 Å². The number of hydrogen-bond acceptors (Lipinski definition) is 2. The summed E-state index contributed by atoms with van der Waals surface area (Å²) in [6, 6.07) is 70.2. The van der Waals surface area contributed by atoms with Gasteiger partial charge in [-0.25, -0.2) is 0 Å². The molecule has 0 N–H and O–H groups in total. The van der Waals surface area contributed by atoms with Crippen molar-refractivity contribution < 1.29 is 28.2 Å². The van der Waals surface area contributed by atoms with Crippen molar-refractivity contribution in [2.45, 2.75) is 59.2 Å². The molecule has 5 aromatic heterocycles. The van der Waals surface area contributed by atoms with Gasteiger partial charge >= 0.3 is 330 Å². The number of rotatable bonds is 7. The van der Waals surface area contributed by atoms with Gasteiger partial charge in [0.2, 0.25) is 0 Å². The van der Waals surface area contributed by atoms with E-state index in [-0.39, 0.29) is 22.1 Å². The van der Waals surface area contributed by atoms with Crippen molar-refractivity contribution in [3.05, 3.63) is 227 Å². The first-order valence-electron chi connectivity index (χ1n) is 27.4. The minimum absolute atomic E-state index is 0.117. The quantitative estimate of drug-likeness (QED) is 0.160. The summed E-state index contributed by atoms with van der Waals surface area (Å²) in [4.78, 5) is 5.06. The molecule has 6 nitrogen and oxygen atoms in total. The Labute approximate surface area is 456 Å². The Bertz CT molecular complexity index is 4780. The van der Waals surface area contributed by atoms with Crippen LogP contribution in [-0.2, 0) is 30.2 Å². The summed E-state index contributed by atoms with van der Waals surface area (Å²) in [5, 5.41) is 6.97. The Balaban J connectivity index is 0.977. The number of ether oxygens (including phenoxy) is 1. The second-order valence-corrected chi connectivity index (χ2v) is 23.2. The number of hydrogen-bond donors (Lipinski definition) is 0. The van der Waals surface area contributed by atoms with Gasteiger partial charge in [0.05, 0.1) is 16.6 Å². The van der Waals surface area contributed by atoms with Crippen LogP contribution in [0.4, 0.5) is 0 Å². The maximum Gasteiger partial charge on any atom is 0.0620 e. The molecule has 0 aliphatic rings. The smallest absolute Gasteiger partial charge is 0.0620 e. The molecule has 0 aliphatic carbocycles. The fraction of sp³-hybridized carbons (Fsp3) is 0.130. The number of nitrogens with zero attached hydrogens (tertiary/aromatic N) is 5. The molecule has 14 aromatic rings. The molecular weight excluding hydrogens is 1110 g/mol. The first-order valence-corrected chi connectivity index (χ1v) is 27.1. The van der Waals surface area contributed by atoms with E-state index in [2.05, 4.69) is 249 Å². The normalized spacial score (nSPS) is 13.2. The third kappa shape index (κ3) is 7.18. The van der Waals surface area contributed by atoms with Crippen molar-refractivity contribution >= 4 is 70.9 Å². The minimum atomic E-state index is -2.48. The van der Waals surface area contributed by atoms with Gasteiger partial charge in [-0.1, -0.05) is 57.2 Å². The SMILES string of the molecule is [2H]C([2H])([2H])c1ccc(-n2[c](=[Pt])n(-c3c(-c4ccccc4)cc(C(C)(C)C)cc3-c3ccccc3)c3ccccc32)cc1Oc1ccc2c3cc4c5cccc6c7ccccc7n(c4cc3n(-c3cc(C(C)(C)C)ccn3)c2c1)c65. The number of fused-ring (bicyclic) bond motifs is 10. The largest absolute Gasteiger partial charge is 0.0620 e. The van der Waals surface area contributed by atoms with Crippen LogP contribution in [0.15, 0.2) is 206 Å². The molecule has 9 aromatic carbocycles. The molecule has 76 heavy (non-hydrogen) atoms. The summed E-state index contributed by atoms with van der Waals surface area (Å²) in [6.45, 7) is 11.0. The summed E-state index contributed by atoms with van der Waals surface area (Å²) >= 11 is 2.45. The van der Waals surface area contributed by atoms with E-state index in [1.807, 2.05) is 30.5 Å². The van der Waals surface area contributed by atoms with Gasteiger partial charge in [0.1, 0.15) is 0 Å². The van der Waals surface area contributed by atoms with Crippen molar-refractivity contribution in [2.24, 2.45) is 0 Å². The summed E-state index contributed by atoms with van der Waals surface area (Å²) < 4.78 is 43.7. The van der Waals surface area contributed by atoms with Crippen molar-refractivity contribution in [1.29, 1.82) is 0 Å². The van der Waals surface area contributed by atoms with Crippen LogP contribution in [0, 0.1) is 10.7 Å². The predicted molar refractivity (Wildman–Crippen MR) is 312 cm³/mol. The van der Waals surface area contributed by atoms with E-state index in [9.17, 15) is 0 Å². The molecule has 0 spiro atoms. The minimum Gasteiger partial charge on any atom is 0.0620 e. The molecule has 0 bridgehead atoms. The number of para-hydroxylation sites is 4. The average Bonchev–Trinajstić information content (AvgIpc) is 3.39. The van der Waals surface area contributed by atoms with Crippen LogP contribution in [0.3, 0.4) is 0 Å². The fourth-order valence-corrected chi connectivity index (χ4v) is 12.7. The second kappa shape index (κ2) is 17.1. The van der Waals surface area contributed by atoms with Crippen molar-refractivity contribution in [2.75, 3.05) is 0 Å². The maximum atomic E-state index is 8.86. The van der Waals surface area contributed by atoms with Gasteiger partial charge < -0.3 is 4.40 Å². The number of benzene rings is 9. The van der Waals surface area contributed by atoms with Gasteiger partial charge in [0.25, 0.3) is 0 Å². The van der Waals surface area contributed by atoms with E-state index in [0.717, 1.165) is 87.2 Å². The maximum absolute atomic E-state index is 8.86. The predicted octanol–water partition coefficient (Wildman–Crippen LogP) is 18.2. The van der Waals surface area contributed by atoms with Crippen LogP contribution in [0.5, 0.6) is 11.5 Å².